The fourth-order valence-corrected chi connectivity index (χ4v) is 4.07. The van der Waals surface area contributed by atoms with Gasteiger partial charge < -0.3 is 14.3 Å². The summed E-state index contributed by atoms with van der Waals surface area (Å²) in [6.07, 6.45) is 1.45. The van der Waals surface area contributed by atoms with Crippen molar-refractivity contribution in [2.24, 2.45) is 0 Å². The van der Waals surface area contributed by atoms with Gasteiger partial charge in [0.25, 0.3) is 5.91 Å². The number of aryl methyl sites for hydroxylation is 1. The number of piperidine rings is 1. The summed E-state index contributed by atoms with van der Waals surface area (Å²) in [5.41, 5.74) is 2.58. The molecular formula is C23H20FN3O3. The number of imidazole rings is 1. The number of H-pyrrole nitrogens is 1. The number of carbonyl (C=O) groups is 1. The zero-order chi connectivity index (χ0) is 20.8. The molecule has 5 rings (SSSR count). The van der Waals surface area contributed by atoms with Gasteiger partial charge in [-0.2, -0.15) is 0 Å². The standard InChI is InChI=1S/C23H20FN3O3/c1-13-2-4-16-19(28)12-21(30-20(16)10-13)23(29)27-8-6-14(7-9-27)22-25-17-5-3-15(24)11-18(17)26-22/h2-5,10-12,14H,6-9H2,1H3,(H,25,26). The Morgan fingerprint density at radius 2 is 1.97 bits per heavy atom. The number of likely N-dealkylation sites (tertiary alicyclic amines) is 1. The first kappa shape index (κ1) is 18.5. The Labute approximate surface area is 171 Å². The molecule has 0 atom stereocenters. The van der Waals surface area contributed by atoms with Gasteiger partial charge in [0, 0.05) is 25.1 Å². The molecule has 1 aliphatic rings. The smallest absolute Gasteiger partial charge is 0.289 e. The lowest BCUT2D eigenvalue weighted by Crippen LogP contribution is -2.38. The fraction of sp³-hybridized carbons (Fsp3) is 0.261. The van der Waals surface area contributed by atoms with Gasteiger partial charge >= 0.3 is 0 Å². The van der Waals surface area contributed by atoms with Crippen LogP contribution in [0.3, 0.4) is 0 Å². The number of aromatic amines is 1. The van der Waals surface area contributed by atoms with Crippen molar-refractivity contribution < 1.29 is 13.6 Å². The quantitative estimate of drug-likeness (QED) is 0.544. The first-order valence-electron chi connectivity index (χ1n) is 9.97. The number of rotatable bonds is 2. The molecule has 1 saturated heterocycles. The summed E-state index contributed by atoms with van der Waals surface area (Å²) < 4.78 is 19.2. The molecule has 1 aliphatic heterocycles. The highest BCUT2D eigenvalue weighted by Crippen LogP contribution is 2.29. The van der Waals surface area contributed by atoms with Gasteiger partial charge in [0.05, 0.1) is 16.4 Å². The van der Waals surface area contributed by atoms with Crippen LogP contribution in [0.4, 0.5) is 4.39 Å². The summed E-state index contributed by atoms with van der Waals surface area (Å²) in [7, 11) is 0. The number of hydrogen-bond acceptors (Lipinski definition) is 4. The second kappa shape index (κ2) is 7.09. The van der Waals surface area contributed by atoms with Gasteiger partial charge in [0.1, 0.15) is 17.2 Å². The highest BCUT2D eigenvalue weighted by Gasteiger charge is 2.28. The third kappa shape index (κ3) is 3.26. The summed E-state index contributed by atoms with van der Waals surface area (Å²) in [5, 5.41) is 0.470. The van der Waals surface area contributed by atoms with E-state index >= 15 is 0 Å². The number of nitrogens with one attached hydrogen (secondary N) is 1. The first-order valence-corrected chi connectivity index (χ1v) is 9.97. The maximum Gasteiger partial charge on any atom is 0.289 e. The molecule has 2 aromatic carbocycles. The van der Waals surface area contributed by atoms with Crippen LogP contribution >= 0.6 is 0 Å². The highest BCUT2D eigenvalue weighted by atomic mass is 19.1. The van der Waals surface area contributed by atoms with Gasteiger partial charge in [0.15, 0.2) is 11.2 Å². The molecule has 0 radical (unpaired) electrons. The molecule has 2 aromatic heterocycles. The Balaban J connectivity index is 1.34. The van der Waals surface area contributed by atoms with Crippen LogP contribution in [0, 0.1) is 12.7 Å². The van der Waals surface area contributed by atoms with Crippen molar-refractivity contribution >= 4 is 27.9 Å². The molecule has 1 fully saturated rings. The van der Waals surface area contributed by atoms with Gasteiger partial charge in [0.2, 0.25) is 0 Å². The number of nitrogens with zero attached hydrogens (tertiary/aromatic N) is 2. The lowest BCUT2D eigenvalue weighted by Gasteiger charge is -2.30. The molecule has 0 aliphatic carbocycles. The molecule has 0 bridgehead atoms. The fourth-order valence-electron chi connectivity index (χ4n) is 4.07. The molecule has 152 valence electrons. The van der Waals surface area contributed by atoms with Crippen molar-refractivity contribution in [2.75, 3.05) is 13.1 Å². The number of aromatic nitrogens is 2. The molecule has 7 heteroatoms. The second-order valence-electron chi connectivity index (χ2n) is 7.82. The zero-order valence-electron chi connectivity index (χ0n) is 16.4. The number of benzene rings is 2. The Bertz CT molecular complexity index is 1330. The van der Waals surface area contributed by atoms with Crippen LogP contribution in [0.1, 0.15) is 40.7 Å². The van der Waals surface area contributed by atoms with Gasteiger partial charge in [-0.15, -0.1) is 0 Å². The SMILES string of the molecule is Cc1ccc2c(=O)cc(C(=O)N3CCC(c4nc5ccc(F)cc5[nH]4)CC3)oc2c1. The van der Waals surface area contributed by atoms with E-state index in [2.05, 4.69) is 9.97 Å². The summed E-state index contributed by atoms with van der Waals surface area (Å²) >= 11 is 0. The lowest BCUT2D eigenvalue weighted by molar-refractivity contribution is 0.0679. The summed E-state index contributed by atoms with van der Waals surface area (Å²) in [6, 6.07) is 11.1. The van der Waals surface area contributed by atoms with Gasteiger partial charge in [-0.05, 0) is 55.7 Å². The van der Waals surface area contributed by atoms with Crippen LogP contribution in [0.2, 0.25) is 0 Å². The Morgan fingerprint density at radius 3 is 2.77 bits per heavy atom. The largest absolute Gasteiger partial charge is 0.451 e. The molecule has 30 heavy (non-hydrogen) atoms. The summed E-state index contributed by atoms with van der Waals surface area (Å²) in [6.45, 7) is 2.97. The molecule has 4 aromatic rings. The van der Waals surface area contributed by atoms with Crippen LogP contribution in [-0.2, 0) is 0 Å². The number of hydrogen-bond donors (Lipinski definition) is 1. The minimum atomic E-state index is -0.301. The minimum Gasteiger partial charge on any atom is -0.451 e. The third-order valence-electron chi connectivity index (χ3n) is 5.73. The van der Waals surface area contributed by atoms with Crippen LogP contribution < -0.4 is 5.43 Å². The average Bonchev–Trinajstić information content (AvgIpc) is 3.16. The molecular weight excluding hydrogens is 385 g/mol. The predicted molar refractivity (Wildman–Crippen MR) is 111 cm³/mol. The van der Waals surface area contributed by atoms with Crippen LogP contribution in [0.15, 0.2) is 51.7 Å². The van der Waals surface area contributed by atoms with Crippen molar-refractivity contribution in [1.29, 1.82) is 0 Å². The molecule has 1 amide bonds. The Hall–Kier alpha value is -3.48. The average molecular weight is 405 g/mol. The number of fused-ring (bicyclic) bond motifs is 2. The number of halogens is 1. The normalized spacial score (nSPS) is 15.2. The summed E-state index contributed by atoms with van der Waals surface area (Å²) in [5.74, 6) is 0.466. The van der Waals surface area contributed by atoms with Crippen molar-refractivity contribution in [2.45, 2.75) is 25.7 Å². The molecule has 0 spiro atoms. The maximum absolute atomic E-state index is 13.4. The predicted octanol–water partition coefficient (Wildman–Crippen LogP) is 4.14. The first-order chi connectivity index (χ1) is 14.5. The Morgan fingerprint density at radius 1 is 1.17 bits per heavy atom. The van der Waals surface area contributed by atoms with E-state index in [1.807, 2.05) is 13.0 Å². The highest BCUT2D eigenvalue weighted by molar-refractivity contribution is 5.93. The van der Waals surface area contributed by atoms with E-state index in [0.29, 0.717) is 29.6 Å². The molecule has 0 unspecified atom stereocenters. The number of carbonyl (C=O) groups excluding carboxylic acids is 1. The number of amides is 1. The monoisotopic (exact) mass is 405 g/mol. The van der Waals surface area contributed by atoms with E-state index in [-0.39, 0.29) is 28.8 Å². The Kier molecular flexibility index (Phi) is 4.38. The second-order valence-corrected chi connectivity index (χ2v) is 7.82. The van der Waals surface area contributed by atoms with Gasteiger partial charge in [-0.1, -0.05) is 6.07 Å². The minimum absolute atomic E-state index is 0.0655. The van der Waals surface area contributed by atoms with Crippen LogP contribution in [0.25, 0.3) is 22.0 Å². The molecule has 1 N–H and O–H groups in total. The van der Waals surface area contributed by atoms with E-state index in [1.165, 1.54) is 18.2 Å². The van der Waals surface area contributed by atoms with Crippen molar-refractivity contribution in [3.63, 3.8) is 0 Å². The molecule has 6 nitrogen and oxygen atoms in total. The van der Waals surface area contributed by atoms with Crippen molar-refractivity contribution in [3.05, 3.63) is 75.7 Å². The van der Waals surface area contributed by atoms with Crippen LogP contribution in [0.5, 0.6) is 0 Å². The summed E-state index contributed by atoms with van der Waals surface area (Å²) in [4.78, 5) is 34.8. The third-order valence-corrected chi connectivity index (χ3v) is 5.73. The van der Waals surface area contributed by atoms with E-state index in [4.69, 9.17) is 4.42 Å². The van der Waals surface area contributed by atoms with Crippen LogP contribution in [-0.4, -0.2) is 33.9 Å². The lowest BCUT2D eigenvalue weighted by atomic mass is 9.96. The molecule has 0 saturated carbocycles. The van der Waals surface area contributed by atoms with Gasteiger partial charge in [-0.3, -0.25) is 9.59 Å². The topological polar surface area (TPSA) is 79.2 Å². The van der Waals surface area contributed by atoms with Gasteiger partial charge in [-0.25, -0.2) is 9.37 Å². The van der Waals surface area contributed by atoms with E-state index in [0.717, 1.165) is 29.7 Å². The van der Waals surface area contributed by atoms with Crippen molar-refractivity contribution in [3.8, 4) is 0 Å². The maximum atomic E-state index is 13.4. The zero-order valence-corrected chi connectivity index (χ0v) is 16.4. The molecule has 3 heterocycles. The van der Waals surface area contributed by atoms with E-state index in [1.54, 1.807) is 23.1 Å². The van der Waals surface area contributed by atoms with Crippen molar-refractivity contribution in [1.82, 2.24) is 14.9 Å². The van der Waals surface area contributed by atoms with E-state index < -0.39 is 0 Å². The van der Waals surface area contributed by atoms with E-state index in [9.17, 15) is 14.0 Å².